The first kappa shape index (κ1) is 13.1. The van der Waals surface area contributed by atoms with Crippen LogP contribution in [0.15, 0.2) is 12.3 Å². The molecule has 5 heteroatoms. The molecule has 0 aliphatic rings. The van der Waals surface area contributed by atoms with Gasteiger partial charge in [0.2, 0.25) is 0 Å². The van der Waals surface area contributed by atoms with Crippen LogP contribution in [-0.2, 0) is 5.75 Å². The molecule has 0 bridgehead atoms. The van der Waals surface area contributed by atoms with E-state index in [9.17, 15) is 0 Å². The van der Waals surface area contributed by atoms with Crippen molar-refractivity contribution in [2.75, 3.05) is 5.75 Å². The van der Waals surface area contributed by atoms with Gasteiger partial charge in [-0.15, -0.1) is 0 Å². The lowest BCUT2D eigenvalue weighted by atomic mass is 10.1. The van der Waals surface area contributed by atoms with Crippen LogP contribution < -0.4 is 5.73 Å². The fourth-order valence-electron chi connectivity index (χ4n) is 0.966. The molecule has 0 radical (unpaired) electrons. The molecule has 2 N–H and O–H groups in total. The molecule has 0 atom stereocenters. The third-order valence-corrected chi connectivity index (χ3v) is 3.65. The fourth-order valence-corrected chi connectivity index (χ4v) is 2.56. The standard InChI is InChI=1S/C10H14Cl2N2S/c1-10(2,13)6-15-5-7-4-14-9(12)3-8(7)11/h3-4H,5-6,13H2,1-2H3. The topological polar surface area (TPSA) is 38.9 Å². The van der Waals surface area contributed by atoms with E-state index in [1.165, 1.54) is 0 Å². The van der Waals surface area contributed by atoms with Crippen LogP contribution in [-0.4, -0.2) is 16.3 Å². The van der Waals surface area contributed by atoms with Crippen molar-refractivity contribution in [3.05, 3.63) is 28.0 Å². The van der Waals surface area contributed by atoms with E-state index in [1.807, 2.05) is 13.8 Å². The normalized spacial score (nSPS) is 11.8. The second-order valence-corrected chi connectivity index (χ2v) is 5.86. The highest BCUT2D eigenvalue weighted by molar-refractivity contribution is 7.98. The Morgan fingerprint density at radius 2 is 2.13 bits per heavy atom. The zero-order valence-electron chi connectivity index (χ0n) is 8.76. The number of rotatable bonds is 4. The maximum absolute atomic E-state index is 6.01. The minimum atomic E-state index is -0.156. The molecular formula is C10H14Cl2N2S. The van der Waals surface area contributed by atoms with E-state index in [0.29, 0.717) is 10.2 Å². The number of pyridine rings is 1. The first-order chi connectivity index (χ1) is 6.88. The van der Waals surface area contributed by atoms with Gasteiger partial charge in [-0.1, -0.05) is 23.2 Å². The summed E-state index contributed by atoms with van der Waals surface area (Å²) in [7, 11) is 0. The molecule has 0 aromatic carbocycles. The molecule has 15 heavy (non-hydrogen) atoms. The number of nitrogens with two attached hydrogens (primary N) is 1. The first-order valence-corrected chi connectivity index (χ1v) is 6.46. The third kappa shape index (κ3) is 5.07. The van der Waals surface area contributed by atoms with Gasteiger partial charge in [0.15, 0.2) is 0 Å². The predicted molar refractivity (Wildman–Crippen MR) is 68.7 cm³/mol. The number of hydrogen-bond acceptors (Lipinski definition) is 3. The van der Waals surface area contributed by atoms with Crippen LogP contribution in [0, 0.1) is 0 Å². The van der Waals surface area contributed by atoms with Crippen LogP contribution in [0.4, 0.5) is 0 Å². The highest BCUT2D eigenvalue weighted by Crippen LogP contribution is 2.24. The van der Waals surface area contributed by atoms with Crippen LogP contribution in [0.3, 0.4) is 0 Å². The Labute approximate surface area is 105 Å². The quantitative estimate of drug-likeness (QED) is 0.848. The summed E-state index contributed by atoms with van der Waals surface area (Å²) in [4.78, 5) is 3.99. The van der Waals surface area contributed by atoms with Gasteiger partial charge in [-0.05, 0) is 25.5 Å². The van der Waals surface area contributed by atoms with Crippen LogP contribution in [0.1, 0.15) is 19.4 Å². The van der Waals surface area contributed by atoms with Crippen molar-refractivity contribution in [2.45, 2.75) is 25.1 Å². The molecule has 1 aromatic heterocycles. The van der Waals surface area contributed by atoms with Crippen molar-refractivity contribution in [3.8, 4) is 0 Å². The number of thioether (sulfide) groups is 1. The van der Waals surface area contributed by atoms with Crippen molar-refractivity contribution in [3.63, 3.8) is 0 Å². The van der Waals surface area contributed by atoms with Gasteiger partial charge in [0.25, 0.3) is 0 Å². The smallest absolute Gasteiger partial charge is 0.130 e. The fraction of sp³-hybridized carbons (Fsp3) is 0.500. The molecule has 1 heterocycles. The summed E-state index contributed by atoms with van der Waals surface area (Å²) < 4.78 is 0. The van der Waals surface area contributed by atoms with E-state index >= 15 is 0 Å². The molecule has 0 fully saturated rings. The zero-order valence-corrected chi connectivity index (χ0v) is 11.1. The van der Waals surface area contributed by atoms with Gasteiger partial charge in [0.1, 0.15) is 5.15 Å². The summed E-state index contributed by atoms with van der Waals surface area (Å²) in [6.45, 7) is 4.00. The van der Waals surface area contributed by atoms with E-state index in [-0.39, 0.29) is 5.54 Å². The van der Waals surface area contributed by atoms with Gasteiger partial charge in [-0.3, -0.25) is 0 Å². The van der Waals surface area contributed by atoms with E-state index in [0.717, 1.165) is 17.1 Å². The number of nitrogens with zero attached hydrogens (tertiary/aromatic N) is 1. The van der Waals surface area contributed by atoms with Crippen molar-refractivity contribution >= 4 is 35.0 Å². The lowest BCUT2D eigenvalue weighted by molar-refractivity contribution is 0.591. The Balaban J connectivity index is 2.51. The highest BCUT2D eigenvalue weighted by atomic mass is 35.5. The predicted octanol–water partition coefficient (Wildman–Crippen LogP) is 3.36. The van der Waals surface area contributed by atoms with Gasteiger partial charge in [0.05, 0.1) is 0 Å². The van der Waals surface area contributed by atoms with Crippen LogP contribution in [0.2, 0.25) is 10.2 Å². The van der Waals surface area contributed by atoms with Crippen LogP contribution in [0.25, 0.3) is 0 Å². The summed E-state index contributed by atoms with van der Waals surface area (Å²) in [6, 6.07) is 1.66. The highest BCUT2D eigenvalue weighted by Gasteiger charge is 2.11. The molecule has 1 rings (SSSR count). The Kier molecular flexibility index (Phi) is 4.71. The minimum Gasteiger partial charge on any atom is -0.325 e. The van der Waals surface area contributed by atoms with Crippen LogP contribution >= 0.6 is 35.0 Å². The molecule has 1 aromatic rings. The van der Waals surface area contributed by atoms with Gasteiger partial charge in [0, 0.05) is 28.3 Å². The molecule has 0 spiro atoms. The van der Waals surface area contributed by atoms with Crippen molar-refractivity contribution in [1.82, 2.24) is 4.98 Å². The average molecular weight is 265 g/mol. The average Bonchev–Trinajstić information content (AvgIpc) is 2.07. The molecule has 2 nitrogen and oxygen atoms in total. The van der Waals surface area contributed by atoms with Crippen molar-refractivity contribution in [2.24, 2.45) is 5.73 Å². The Bertz CT molecular complexity index is 337. The second kappa shape index (κ2) is 5.39. The van der Waals surface area contributed by atoms with E-state index in [2.05, 4.69) is 4.98 Å². The number of hydrogen-bond donors (Lipinski definition) is 1. The summed E-state index contributed by atoms with van der Waals surface area (Å²) in [6.07, 6.45) is 1.71. The maximum Gasteiger partial charge on any atom is 0.130 e. The Morgan fingerprint density at radius 3 is 2.67 bits per heavy atom. The molecule has 0 saturated heterocycles. The van der Waals surface area contributed by atoms with E-state index in [1.54, 1.807) is 24.0 Å². The molecule has 84 valence electrons. The Morgan fingerprint density at radius 1 is 1.47 bits per heavy atom. The second-order valence-electron chi connectivity index (χ2n) is 4.08. The molecule has 0 aliphatic heterocycles. The number of aromatic nitrogens is 1. The summed E-state index contributed by atoms with van der Waals surface area (Å²) in [5.41, 5.74) is 6.71. The van der Waals surface area contributed by atoms with Crippen molar-refractivity contribution in [1.29, 1.82) is 0 Å². The number of halogens is 2. The largest absolute Gasteiger partial charge is 0.325 e. The third-order valence-electron chi connectivity index (χ3n) is 1.63. The summed E-state index contributed by atoms with van der Waals surface area (Å²) in [5.74, 6) is 1.69. The van der Waals surface area contributed by atoms with E-state index < -0.39 is 0 Å². The van der Waals surface area contributed by atoms with Crippen LogP contribution in [0.5, 0.6) is 0 Å². The van der Waals surface area contributed by atoms with Gasteiger partial charge >= 0.3 is 0 Å². The Hall–Kier alpha value is 0.0400. The summed E-state index contributed by atoms with van der Waals surface area (Å²) in [5, 5.41) is 1.09. The van der Waals surface area contributed by atoms with Gasteiger partial charge in [-0.2, -0.15) is 11.8 Å². The van der Waals surface area contributed by atoms with Crippen molar-refractivity contribution < 1.29 is 0 Å². The lowest BCUT2D eigenvalue weighted by Gasteiger charge is -2.17. The first-order valence-electron chi connectivity index (χ1n) is 4.55. The lowest BCUT2D eigenvalue weighted by Crippen LogP contribution is -2.34. The molecule has 0 saturated carbocycles. The molecule has 0 aliphatic carbocycles. The summed E-state index contributed by atoms with van der Waals surface area (Å²) >= 11 is 13.5. The monoisotopic (exact) mass is 264 g/mol. The van der Waals surface area contributed by atoms with E-state index in [4.69, 9.17) is 28.9 Å². The van der Waals surface area contributed by atoms with Gasteiger partial charge in [-0.25, -0.2) is 4.98 Å². The molecule has 0 amide bonds. The molecular weight excluding hydrogens is 251 g/mol. The maximum atomic E-state index is 6.01. The minimum absolute atomic E-state index is 0.156. The zero-order chi connectivity index (χ0) is 11.5. The SMILES string of the molecule is CC(C)(N)CSCc1cnc(Cl)cc1Cl. The van der Waals surface area contributed by atoms with Gasteiger partial charge < -0.3 is 5.73 Å². The molecule has 0 unspecified atom stereocenters.